The molecular weight excluding hydrogens is 268 g/mol. The molecule has 2 rings (SSSR count). The molecule has 1 heterocycles. The molecule has 0 radical (unpaired) electrons. The van der Waals surface area contributed by atoms with E-state index in [1.54, 1.807) is 16.8 Å². The summed E-state index contributed by atoms with van der Waals surface area (Å²) in [6.07, 6.45) is 0.776. The molecule has 0 spiro atoms. The van der Waals surface area contributed by atoms with Crippen molar-refractivity contribution < 1.29 is 14.7 Å². The van der Waals surface area contributed by atoms with Crippen LogP contribution in [0.15, 0.2) is 24.3 Å². The highest BCUT2D eigenvalue weighted by Crippen LogP contribution is 2.29. The minimum atomic E-state index is -0.901. The van der Waals surface area contributed by atoms with Crippen LogP contribution in [0.3, 0.4) is 0 Å². The second-order valence-electron chi connectivity index (χ2n) is 5.76. The Hall–Kier alpha value is -1.88. The number of carboxylic acid groups (broad SMARTS) is 1. The van der Waals surface area contributed by atoms with Gasteiger partial charge < -0.3 is 10.0 Å². The Kier molecular flexibility index (Phi) is 4.63. The Balaban J connectivity index is 2.21. The maximum absolute atomic E-state index is 12.2. The number of aliphatic carboxylic acids is 1. The van der Waals surface area contributed by atoms with E-state index >= 15 is 0 Å². The third-order valence-electron chi connectivity index (χ3n) is 4.12. The van der Waals surface area contributed by atoms with E-state index in [1.165, 1.54) is 0 Å². The molecular formula is C16H22N2O3. The summed E-state index contributed by atoms with van der Waals surface area (Å²) < 4.78 is 0. The first-order valence-corrected chi connectivity index (χ1v) is 7.22. The Morgan fingerprint density at radius 1 is 1.38 bits per heavy atom. The average Bonchev–Trinajstić information content (AvgIpc) is 2.45. The number of nitrogens with zero attached hydrogens (tertiary/aromatic N) is 2. The van der Waals surface area contributed by atoms with E-state index < -0.39 is 12.0 Å². The monoisotopic (exact) mass is 290 g/mol. The Bertz CT molecular complexity index is 542. The molecule has 0 aliphatic carbocycles. The standard InChI is InChI=1S/C16H22N2O3/c1-11(2)17(3)14(19)10-18-9-8-12-6-4-5-7-13(12)15(18)16(20)21/h4-7,11,15H,8-10H2,1-3H3,(H,20,21). The third kappa shape index (κ3) is 3.24. The van der Waals surface area contributed by atoms with Gasteiger partial charge in [-0.1, -0.05) is 24.3 Å². The number of likely N-dealkylation sites (N-methyl/N-ethyl adjacent to an activating group) is 1. The van der Waals surface area contributed by atoms with E-state index in [4.69, 9.17) is 0 Å². The second kappa shape index (κ2) is 6.26. The van der Waals surface area contributed by atoms with Crippen LogP contribution in [-0.4, -0.2) is 53.0 Å². The van der Waals surface area contributed by atoms with Gasteiger partial charge in [-0.2, -0.15) is 0 Å². The van der Waals surface area contributed by atoms with Gasteiger partial charge in [-0.3, -0.25) is 14.5 Å². The van der Waals surface area contributed by atoms with Gasteiger partial charge in [0.15, 0.2) is 0 Å². The second-order valence-corrected chi connectivity index (χ2v) is 5.76. The van der Waals surface area contributed by atoms with Crippen LogP contribution >= 0.6 is 0 Å². The van der Waals surface area contributed by atoms with Crippen LogP contribution in [0.5, 0.6) is 0 Å². The normalized spacial score (nSPS) is 18.4. The van der Waals surface area contributed by atoms with Crippen molar-refractivity contribution in [1.82, 2.24) is 9.80 Å². The smallest absolute Gasteiger partial charge is 0.325 e. The molecule has 1 N–H and O–H groups in total. The van der Waals surface area contributed by atoms with Crippen molar-refractivity contribution in [1.29, 1.82) is 0 Å². The molecule has 0 fully saturated rings. The number of amides is 1. The molecule has 1 aromatic rings. The zero-order valence-electron chi connectivity index (χ0n) is 12.7. The summed E-state index contributed by atoms with van der Waals surface area (Å²) in [5, 5.41) is 9.55. The number of hydrogen-bond acceptors (Lipinski definition) is 3. The summed E-state index contributed by atoms with van der Waals surface area (Å²) >= 11 is 0. The van der Waals surface area contributed by atoms with Crippen molar-refractivity contribution in [2.45, 2.75) is 32.4 Å². The highest BCUT2D eigenvalue weighted by atomic mass is 16.4. The quantitative estimate of drug-likeness (QED) is 0.913. The molecule has 1 aliphatic heterocycles. The first-order chi connectivity index (χ1) is 9.91. The van der Waals surface area contributed by atoms with Gasteiger partial charge in [-0.05, 0) is 31.4 Å². The van der Waals surface area contributed by atoms with Crippen molar-refractivity contribution >= 4 is 11.9 Å². The van der Waals surface area contributed by atoms with Crippen molar-refractivity contribution in [2.75, 3.05) is 20.1 Å². The van der Waals surface area contributed by atoms with Crippen LogP contribution < -0.4 is 0 Å². The zero-order chi connectivity index (χ0) is 15.6. The van der Waals surface area contributed by atoms with Gasteiger partial charge in [-0.25, -0.2) is 0 Å². The summed E-state index contributed by atoms with van der Waals surface area (Å²) in [5.41, 5.74) is 1.86. The number of fused-ring (bicyclic) bond motifs is 1. The maximum Gasteiger partial charge on any atom is 0.325 e. The number of carbonyl (C=O) groups excluding carboxylic acids is 1. The van der Waals surface area contributed by atoms with Crippen LogP contribution in [-0.2, 0) is 16.0 Å². The van der Waals surface area contributed by atoms with E-state index in [0.717, 1.165) is 17.5 Å². The van der Waals surface area contributed by atoms with Gasteiger partial charge in [0.05, 0.1) is 6.54 Å². The Labute approximate surface area is 125 Å². The van der Waals surface area contributed by atoms with Gasteiger partial charge in [0.2, 0.25) is 5.91 Å². The van der Waals surface area contributed by atoms with Crippen LogP contribution in [0.4, 0.5) is 0 Å². The fourth-order valence-electron chi connectivity index (χ4n) is 2.65. The lowest BCUT2D eigenvalue weighted by Gasteiger charge is -2.35. The van der Waals surface area contributed by atoms with E-state index in [-0.39, 0.29) is 18.5 Å². The SMILES string of the molecule is CC(C)N(C)C(=O)CN1CCc2ccccc2C1C(=O)O. The minimum absolute atomic E-state index is 0.0457. The molecule has 5 heteroatoms. The number of carbonyl (C=O) groups is 2. The molecule has 0 bridgehead atoms. The predicted molar refractivity (Wildman–Crippen MR) is 80.0 cm³/mol. The maximum atomic E-state index is 12.2. The molecule has 1 aromatic carbocycles. The topological polar surface area (TPSA) is 60.9 Å². The Morgan fingerprint density at radius 3 is 2.67 bits per heavy atom. The van der Waals surface area contributed by atoms with Crippen molar-refractivity contribution in [2.24, 2.45) is 0 Å². The lowest BCUT2D eigenvalue weighted by atomic mass is 9.92. The van der Waals surface area contributed by atoms with E-state index in [9.17, 15) is 14.7 Å². The fourth-order valence-corrected chi connectivity index (χ4v) is 2.65. The number of carboxylic acids is 1. The summed E-state index contributed by atoms with van der Waals surface area (Å²) in [5.74, 6) is -0.946. The van der Waals surface area contributed by atoms with E-state index in [2.05, 4.69) is 0 Å². The summed E-state index contributed by atoms with van der Waals surface area (Å²) in [6.45, 7) is 4.61. The van der Waals surface area contributed by atoms with Gasteiger partial charge in [0.25, 0.3) is 0 Å². The molecule has 5 nitrogen and oxygen atoms in total. The highest BCUT2D eigenvalue weighted by molar-refractivity contribution is 5.81. The van der Waals surface area contributed by atoms with Crippen LogP contribution in [0.1, 0.15) is 31.0 Å². The zero-order valence-corrected chi connectivity index (χ0v) is 12.7. The lowest BCUT2D eigenvalue weighted by Crippen LogP contribution is -2.47. The predicted octanol–water partition coefficient (Wildman–Crippen LogP) is 1.54. The van der Waals surface area contributed by atoms with Crippen molar-refractivity contribution in [3.05, 3.63) is 35.4 Å². The van der Waals surface area contributed by atoms with E-state index in [0.29, 0.717) is 6.54 Å². The fraction of sp³-hybridized carbons (Fsp3) is 0.500. The molecule has 21 heavy (non-hydrogen) atoms. The molecule has 1 aliphatic rings. The molecule has 1 unspecified atom stereocenters. The first kappa shape index (κ1) is 15.5. The van der Waals surface area contributed by atoms with E-state index in [1.807, 2.05) is 38.1 Å². The summed E-state index contributed by atoms with van der Waals surface area (Å²) in [4.78, 5) is 27.3. The number of hydrogen-bond donors (Lipinski definition) is 1. The summed E-state index contributed by atoms with van der Waals surface area (Å²) in [6, 6.07) is 6.95. The van der Waals surface area contributed by atoms with Crippen LogP contribution in [0.25, 0.3) is 0 Å². The summed E-state index contributed by atoms with van der Waals surface area (Å²) in [7, 11) is 1.75. The lowest BCUT2D eigenvalue weighted by molar-refractivity contribution is -0.145. The molecule has 1 atom stereocenters. The number of rotatable bonds is 4. The van der Waals surface area contributed by atoms with Gasteiger partial charge in [0, 0.05) is 19.6 Å². The molecule has 114 valence electrons. The average molecular weight is 290 g/mol. The molecule has 0 aromatic heterocycles. The van der Waals surface area contributed by atoms with Gasteiger partial charge in [0.1, 0.15) is 6.04 Å². The van der Waals surface area contributed by atoms with Gasteiger partial charge in [-0.15, -0.1) is 0 Å². The minimum Gasteiger partial charge on any atom is -0.480 e. The Morgan fingerprint density at radius 2 is 2.05 bits per heavy atom. The highest BCUT2D eigenvalue weighted by Gasteiger charge is 2.34. The van der Waals surface area contributed by atoms with Gasteiger partial charge >= 0.3 is 5.97 Å². The van der Waals surface area contributed by atoms with Crippen LogP contribution in [0, 0.1) is 0 Å². The molecule has 0 saturated carbocycles. The number of benzene rings is 1. The first-order valence-electron chi connectivity index (χ1n) is 7.22. The van der Waals surface area contributed by atoms with Crippen LogP contribution in [0.2, 0.25) is 0 Å². The molecule has 0 saturated heterocycles. The molecule has 1 amide bonds. The van der Waals surface area contributed by atoms with Crippen molar-refractivity contribution in [3.8, 4) is 0 Å². The third-order valence-corrected chi connectivity index (χ3v) is 4.12. The largest absolute Gasteiger partial charge is 0.480 e. The van der Waals surface area contributed by atoms with Crippen molar-refractivity contribution in [3.63, 3.8) is 0 Å².